The molecule has 0 radical (unpaired) electrons. The Kier molecular flexibility index (Phi) is 4.38. The second-order valence-corrected chi connectivity index (χ2v) is 5.88. The first-order chi connectivity index (χ1) is 8.63. The minimum absolute atomic E-state index is 0.0431. The van der Waals surface area contributed by atoms with Gasteiger partial charge >= 0.3 is 0 Å². The summed E-state index contributed by atoms with van der Waals surface area (Å²) in [6.45, 7) is 3.87. The van der Waals surface area contributed by atoms with Gasteiger partial charge in [-0.25, -0.2) is 4.98 Å². The third kappa shape index (κ3) is 3.85. The van der Waals surface area contributed by atoms with Gasteiger partial charge in [0.05, 0.1) is 16.5 Å². The summed E-state index contributed by atoms with van der Waals surface area (Å²) in [5, 5.41) is 12.5. The maximum absolute atomic E-state index is 11.6. The SMILES string of the molecule is Cc1cc(NC(=O)CSCc2csc(C)n2)n[nH]1. The van der Waals surface area contributed by atoms with E-state index < -0.39 is 0 Å². The molecule has 2 heterocycles. The normalized spacial score (nSPS) is 10.6. The molecule has 2 aromatic rings. The van der Waals surface area contributed by atoms with Crippen molar-refractivity contribution in [2.45, 2.75) is 19.6 Å². The molecule has 0 atom stereocenters. The molecule has 1 amide bonds. The topological polar surface area (TPSA) is 70.7 Å². The number of aromatic nitrogens is 3. The number of H-pyrrole nitrogens is 1. The van der Waals surface area contributed by atoms with Crippen LogP contribution in [0.25, 0.3) is 0 Å². The zero-order valence-electron chi connectivity index (χ0n) is 10.2. The van der Waals surface area contributed by atoms with Crippen LogP contribution < -0.4 is 5.32 Å². The van der Waals surface area contributed by atoms with E-state index in [1.807, 2.05) is 19.2 Å². The van der Waals surface area contributed by atoms with E-state index in [0.29, 0.717) is 11.6 Å². The van der Waals surface area contributed by atoms with Crippen molar-refractivity contribution in [3.05, 3.63) is 27.8 Å². The predicted octanol–water partition coefficient (Wildman–Crippen LogP) is 2.35. The van der Waals surface area contributed by atoms with Crippen molar-refractivity contribution in [2.75, 3.05) is 11.1 Å². The van der Waals surface area contributed by atoms with E-state index in [2.05, 4.69) is 20.5 Å². The van der Waals surface area contributed by atoms with Gasteiger partial charge in [0.25, 0.3) is 0 Å². The summed E-state index contributed by atoms with van der Waals surface area (Å²) < 4.78 is 0. The average Bonchev–Trinajstić information content (AvgIpc) is 2.88. The van der Waals surface area contributed by atoms with Crippen LogP contribution in [-0.2, 0) is 10.5 Å². The summed E-state index contributed by atoms with van der Waals surface area (Å²) in [7, 11) is 0. The van der Waals surface area contributed by atoms with Gasteiger partial charge in [-0.05, 0) is 13.8 Å². The van der Waals surface area contributed by atoms with E-state index in [0.717, 1.165) is 22.1 Å². The molecular formula is C11H14N4OS2. The van der Waals surface area contributed by atoms with Gasteiger partial charge in [-0.15, -0.1) is 23.1 Å². The summed E-state index contributed by atoms with van der Waals surface area (Å²) in [6, 6.07) is 1.80. The molecular weight excluding hydrogens is 268 g/mol. The molecule has 0 fully saturated rings. The van der Waals surface area contributed by atoms with Crippen LogP contribution in [0.15, 0.2) is 11.4 Å². The number of thioether (sulfide) groups is 1. The molecule has 0 bridgehead atoms. The van der Waals surface area contributed by atoms with E-state index in [1.54, 1.807) is 29.2 Å². The summed E-state index contributed by atoms with van der Waals surface area (Å²) in [5.74, 6) is 1.70. The van der Waals surface area contributed by atoms with Gasteiger partial charge in [-0.2, -0.15) is 5.10 Å². The van der Waals surface area contributed by atoms with E-state index in [-0.39, 0.29) is 5.91 Å². The monoisotopic (exact) mass is 282 g/mol. The lowest BCUT2D eigenvalue weighted by Crippen LogP contribution is -2.14. The minimum Gasteiger partial charge on any atom is -0.308 e. The number of nitrogens with one attached hydrogen (secondary N) is 2. The smallest absolute Gasteiger partial charge is 0.235 e. The Balaban J connectivity index is 1.72. The fourth-order valence-electron chi connectivity index (χ4n) is 1.38. The number of hydrogen-bond acceptors (Lipinski definition) is 5. The lowest BCUT2D eigenvalue weighted by Gasteiger charge is -2.00. The number of hydrogen-bond donors (Lipinski definition) is 2. The molecule has 7 heteroatoms. The van der Waals surface area contributed by atoms with Crippen molar-refractivity contribution < 1.29 is 4.79 Å². The van der Waals surface area contributed by atoms with Gasteiger partial charge in [0.1, 0.15) is 0 Å². The van der Waals surface area contributed by atoms with Crippen LogP contribution in [0.2, 0.25) is 0 Å². The Bertz CT molecular complexity index is 535. The second kappa shape index (κ2) is 6.01. The fraction of sp³-hybridized carbons (Fsp3) is 0.364. The van der Waals surface area contributed by atoms with E-state index >= 15 is 0 Å². The number of rotatable bonds is 5. The number of carbonyl (C=O) groups excluding carboxylic acids is 1. The quantitative estimate of drug-likeness (QED) is 0.883. The average molecular weight is 282 g/mol. The third-order valence-corrected chi connectivity index (χ3v) is 3.91. The zero-order valence-corrected chi connectivity index (χ0v) is 11.8. The Hall–Kier alpha value is -1.34. The fourth-order valence-corrected chi connectivity index (χ4v) is 2.82. The van der Waals surface area contributed by atoms with E-state index in [1.165, 1.54) is 0 Å². The van der Waals surface area contributed by atoms with E-state index in [9.17, 15) is 4.79 Å². The molecule has 0 aliphatic rings. The number of anilines is 1. The molecule has 0 spiro atoms. The van der Waals surface area contributed by atoms with Crippen molar-refractivity contribution in [1.82, 2.24) is 15.2 Å². The molecule has 2 N–H and O–H groups in total. The van der Waals surface area contributed by atoms with Crippen LogP contribution in [0.3, 0.4) is 0 Å². The number of nitrogens with zero attached hydrogens (tertiary/aromatic N) is 2. The van der Waals surface area contributed by atoms with Crippen LogP contribution in [0.5, 0.6) is 0 Å². The zero-order chi connectivity index (χ0) is 13.0. The highest BCUT2D eigenvalue weighted by Gasteiger charge is 2.06. The van der Waals surface area contributed by atoms with Crippen molar-refractivity contribution in [1.29, 1.82) is 0 Å². The molecule has 5 nitrogen and oxygen atoms in total. The van der Waals surface area contributed by atoms with Gasteiger partial charge in [0.15, 0.2) is 5.82 Å². The molecule has 0 aromatic carbocycles. The first-order valence-corrected chi connectivity index (χ1v) is 7.47. The van der Waals surface area contributed by atoms with Crippen molar-refractivity contribution in [2.24, 2.45) is 0 Å². The predicted molar refractivity (Wildman–Crippen MR) is 75.0 cm³/mol. The van der Waals surface area contributed by atoms with Crippen LogP contribution in [0.4, 0.5) is 5.82 Å². The highest BCUT2D eigenvalue weighted by molar-refractivity contribution is 7.99. The summed E-state index contributed by atoms with van der Waals surface area (Å²) in [6.07, 6.45) is 0. The molecule has 18 heavy (non-hydrogen) atoms. The Morgan fingerprint density at radius 1 is 1.56 bits per heavy atom. The standard InChI is InChI=1S/C11H14N4OS2/c1-7-3-10(15-14-7)13-11(16)6-17-4-9-5-18-8(2)12-9/h3,5H,4,6H2,1-2H3,(H2,13,14,15,16). The highest BCUT2D eigenvalue weighted by Crippen LogP contribution is 2.15. The highest BCUT2D eigenvalue weighted by atomic mass is 32.2. The Labute approximate surface area is 113 Å². The molecule has 96 valence electrons. The van der Waals surface area contributed by atoms with Gasteiger partial charge in [-0.3, -0.25) is 9.89 Å². The molecule has 2 rings (SSSR count). The van der Waals surface area contributed by atoms with Gasteiger partial charge in [0, 0.05) is 22.9 Å². The van der Waals surface area contributed by atoms with Crippen LogP contribution in [0, 0.1) is 13.8 Å². The molecule has 2 aromatic heterocycles. The summed E-state index contributed by atoms with van der Waals surface area (Å²) in [5.41, 5.74) is 1.96. The molecule has 0 saturated carbocycles. The summed E-state index contributed by atoms with van der Waals surface area (Å²) >= 11 is 3.18. The number of carbonyl (C=O) groups is 1. The van der Waals surface area contributed by atoms with Gasteiger partial charge in [-0.1, -0.05) is 0 Å². The van der Waals surface area contributed by atoms with E-state index in [4.69, 9.17) is 0 Å². The van der Waals surface area contributed by atoms with Crippen LogP contribution in [0.1, 0.15) is 16.4 Å². The first-order valence-electron chi connectivity index (χ1n) is 5.44. The lowest BCUT2D eigenvalue weighted by molar-refractivity contribution is -0.113. The first kappa shape index (κ1) is 13.1. The lowest BCUT2D eigenvalue weighted by atomic mass is 10.5. The maximum atomic E-state index is 11.6. The number of aryl methyl sites for hydroxylation is 2. The van der Waals surface area contributed by atoms with Crippen LogP contribution >= 0.6 is 23.1 Å². The molecule has 0 aliphatic carbocycles. The van der Waals surface area contributed by atoms with Gasteiger partial charge in [0.2, 0.25) is 5.91 Å². The third-order valence-electron chi connectivity index (χ3n) is 2.12. The van der Waals surface area contributed by atoms with Crippen molar-refractivity contribution in [3.8, 4) is 0 Å². The Morgan fingerprint density at radius 3 is 3.00 bits per heavy atom. The largest absolute Gasteiger partial charge is 0.308 e. The molecule has 0 aliphatic heterocycles. The molecule has 0 unspecified atom stereocenters. The van der Waals surface area contributed by atoms with Gasteiger partial charge < -0.3 is 5.32 Å². The number of aromatic amines is 1. The second-order valence-electron chi connectivity index (χ2n) is 3.84. The number of amides is 1. The Morgan fingerprint density at radius 2 is 2.39 bits per heavy atom. The maximum Gasteiger partial charge on any atom is 0.235 e. The number of thiazole rings is 1. The summed E-state index contributed by atoms with van der Waals surface area (Å²) in [4.78, 5) is 16.0. The van der Waals surface area contributed by atoms with Crippen LogP contribution in [-0.4, -0.2) is 26.8 Å². The minimum atomic E-state index is -0.0431. The van der Waals surface area contributed by atoms with Crippen molar-refractivity contribution in [3.63, 3.8) is 0 Å². The molecule has 0 saturated heterocycles. The van der Waals surface area contributed by atoms with Crippen molar-refractivity contribution >= 4 is 34.8 Å².